The number of rotatable bonds is 9. The molecule has 3 aromatic carbocycles. The van der Waals surface area contributed by atoms with Crippen LogP contribution in [0.15, 0.2) is 85.3 Å². The first-order valence-corrected chi connectivity index (χ1v) is 13.6. The molecule has 0 aliphatic heterocycles. The molecule has 2 heterocycles. The molecule has 0 saturated carbocycles. The van der Waals surface area contributed by atoms with Gasteiger partial charge in [0.25, 0.3) is 0 Å². The van der Waals surface area contributed by atoms with Crippen molar-refractivity contribution in [3.63, 3.8) is 0 Å². The lowest BCUT2D eigenvalue weighted by molar-refractivity contribution is -0.114. The lowest BCUT2D eigenvalue weighted by atomic mass is 10.0. The highest BCUT2D eigenvalue weighted by Crippen LogP contribution is 2.33. The highest BCUT2D eigenvalue weighted by atomic mass is 16.1. The first kappa shape index (κ1) is 27.1. The molecule has 0 fully saturated rings. The summed E-state index contributed by atoms with van der Waals surface area (Å²) in [7, 11) is 0. The summed E-state index contributed by atoms with van der Waals surface area (Å²) in [6.45, 7) is 8.41. The SMILES string of the molecule is CC(C)=O.CCCC(CCC)Nc1cc(-c2ccc3ccn(Cc4ccccc4)c3c2)c2nccnc2c1. The largest absolute Gasteiger partial charge is 0.382 e. The number of Topliss-reactive ketones (excluding diaryl/α,β-unsaturated/α-hetero) is 1. The molecule has 0 unspecified atom stereocenters. The van der Waals surface area contributed by atoms with Crippen LogP contribution in [0.1, 0.15) is 58.9 Å². The summed E-state index contributed by atoms with van der Waals surface area (Å²) in [5, 5.41) is 5.03. The number of ketones is 1. The van der Waals surface area contributed by atoms with Crippen molar-refractivity contribution in [2.24, 2.45) is 0 Å². The van der Waals surface area contributed by atoms with Gasteiger partial charge < -0.3 is 14.7 Å². The van der Waals surface area contributed by atoms with Gasteiger partial charge in [0.05, 0.1) is 11.0 Å². The summed E-state index contributed by atoms with van der Waals surface area (Å²) in [6.07, 6.45) is 10.4. The van der Waals surface area contributed by atoms with Gasteiger partial charge in [-0.25, -0.2) is 0 Å². The third-order valence-electron chi connectivity index (χ3n) is 6.50. The standard InChI is InChI=1S/C30H32N4.C3H6O/c1-3-8-25(9-4-2)33-26-19-27(30-28(20-26)31-15-16-32-30)24-13-12-23-14-17-34(29(23)18-24)21-22-10-6-5-7-11-22;1-3(2)4/h5-7,10-20,25,33H,3-4,8-9,21H2,1-2H3;1-2H3. The van der Waals surface area contributed by atoms with E-state index in [2.05, 4.69) is 102 Å². The number of carbonyl (C=O) groups is 1. The number of nitrogens with zero attached hydrogens (tertiary/aromatic N) is 3. The number of carbonyl (C=O) groups excluding carboxylic acids is 1. The number of hydrogen-bond donors (Lipinski definition) is 1. The van der Waals surface area contributed by atoms with E-state index in [-0.39, 0.29) is 5.78 Å². The van der Waals surface area contributed by atoms with Crippen molar-refractivity contribution in [3.05, 3.63) is 90.9 Å². The zero-order valence-corrected chi connectivity index (χ0v) is 22.9. The smallest absolute Gasteiger partial charge is 0.126 e. The Bertz CT molecular complexity index is 1480. The first-order valence-electron chi connectivity index (χ1n) is 13.6. The van der Waals surface area contributed by atoms with E-state index in [9.17, 15) is 4.79 Å². The fourth-order valence-corrected chi connectivity index (χ4v) is 4.87. The molecule has 5 heteroatoms. The Morgan fingerprint density at radius 1 is 0.895 bits per heavy atom. The fourth-order valence-electron chi connectivity index (χ4n) is 4.87. The summed E-state index contributed by atoms with van der Waals surface area (Å²) >= 11 is 0. The molecule has 0 atom stereocenters. The molecular formula is C33H38N4O. The Balaban J connectivity index is 0.000000786. The van der Waals surface area contributed by atoms with Crippen LogP contribution in [0.25, 0.3) is 33.1 Å². The minimum atomic E-state index is 0.167. The van der Waals surface area contributed by atoms with Crippen molar-refractivity contribution >= 4 is 33.4 Å². The molecule has 5 aromatic rings. The van der Waals surface area contributed by atoms with Crippen molar-refractivity contribution in [1.29, 1.82) is 0 Å². The molecular weight excluding hydrogens is 468 g/mol. The summed E-state index contributed by atoms with van der Waals surface area (Å²) in [4.78, 5) is 18.8. The molecule has 5 nitrogen and oxygen atoms in total. The number of nitrogens with one attached hydrogen (secondary N) is 1. The van der Waals surface area contributed by atoms with Gasteiger partial charge in [0.1, 0.15) is 5.78 Å². The van der Waals surface area contributed by atoms with Crippen LogP contribution in [0, 0.1) is 0 Å². The Hall–Kier alpha value is -3.99. The second-order valence-corrected chi connectivity index (χ2v) is 9.98. The molecule has 0 radical (unpaired) electrons. The van der Waals surface area contributed by atoms with Crippen LogP contribution in [0.2, 0.25) is 0 Å². The zero-order chi connectivity index (χ0) is 26.9. The Morgan fingerprint density at radius 3 is 2.32 bits per heavy atom. The number of fused-ring (bicyclic) bond motifs is 2. The predicted octanol–water partition coefficient (Wildman–Crippen LogP) is 8.28. The van der Waals surface area contributed by atoms with Gasteiger partial charge in [-0.2, -0.15) is 0 Å². The van der Waals surface area contributed by atoms with Crippen molar-refractivity contribution in [2.45, 2.75) is 66.0 Å². The maximum atomic E-state index is 9.44. The lowest BCUT2D eigenvalue weighted by Crippen LogP contribution is -2.19. The van der Waals surface area contributed by atoms with E-state index < -0.39 is 0 Å². The molecule has 0 bridgehead atoms. The number of hydrogen-bond acceptors (Lipinski definition) is 4. The van der Waals surface area contributed by atoms with Gasteiger partial charge in [-0.15, -0.1) is 0 Å². The van der Waals surface area contributed by atoms with Gasteiger partial charge in [-0.3, -0.25) is 9.97 Å². The van der Waals surface area contributed by atoms with Crippen molar-refractivity contribution in [3.8, 4) is 11.1 Å². The Morgan fingerprint density at radius 2 is 1.61 bits per heavy atom. The highest BCUT2D eigenvalue weighted by Gasteiger charge is 2.13. The molecule has 2 aromatic heterocycles. The van der Waals surface area contributed by atoms with Crippen molar-refractivity contribution in [1.82, 2.24) is 14.5 Å². The molecule has 0 spiro atoms. The molecule has 38 heavy (non-hydrogen) atoms. The molecule has 196 valence electrons. The first-order chi connectivity index (χ1) is 18.5. The van der Waals surface area contributed by atoms with Crippen LogP contribution < -0.4 is 5.32 Å². The molecule has 1 N–H and O–H groups in total. The van der Waals surface area contributed by atoms with Gasteiger partial charge in [0, 0.05) is 47.9 Å². The third kappa shape index (κ3) is 6.86. The van der Waals surface area contributed by atoms with Gasteiger partial charge in [-0.05, 0) is 67.5 Å². The van der Waals surface area contributed by atoms with Crippen LogP contribution >= 0.6 is 0 Å². The number of anilines is 1. The van der Waals surface area contributed by atoms with E-state index in [1.54, 1.807) is 12.4 Å². The lowest BCUT2D eigenvalue weighted by Gasteiger charge is -2.20. The fraction of sp³-hybridized carbons (Fsp3) is 0.303. The zero-order valence-electron chi connectivity index (χ0n) is 22.9. The maximum Gasteiger partial charge on any atom is 0.126 e. The molecule has 0 aliphatic carbocycles. The minimum absolute atomic E-state index is 0.167. The predicted molar refractivity (Wildman–Crippen MR) is 160 cm³/mol. The quantitative estimate of drug-likeness (QED) is 0.218. The number of benzene rings is 3. The second kappa shape index (κ2) is 13.0. The number of aromatic nitrogens is 3. The van der Waals surface area contributed by atoms with Gasteiger partial charge in [0.2, 0.25) is 0 Å². The molecule has 0 amide bonds. The monoisotopic (exact) mass is 506 g/mol. The van der Waals surface area contributed by atoms with E-state index in [1.165, 1.54) is 56.0 Å². The molecule has 0 saturated heterocycles. The van der Waals surface area contributed by atoms with E-state index in [0.717, 1.165) is 34.4 Å². The minimum Gasteiger partial charge on any atom is -0.382 e. The normalized spacial score (nSPS) is 11.0. The Labute approximate surface area is 225 Å². The average molecular weight is 507 g/mol. The topological polar surface area (TPSA) is 59.8 Å². The maximum absolute atomic E-state index is 9.44. The molecule has 0 aliphatic rings. The van der Waals surface area contributed by atoms with Crippen molar-refractivity contribution in [2.75, 3.05) is 5.32 Å². The second-order valence-electron chi connectivity index (χ2n) is 9.98. The molecule has 5 rings (SSSR count). The summed E-state index contributed by atoms with van der Waals surface area (Å²) in [5.41, 5.74) is 7.79. The van der Waals surface area contributed by atoms with E-state index in [0.29, 0.717) is 6.04 Å². The van der Waals surface area contributed by atoms with Crippen molar-refractivity contribution < 1.29 is 4.79 Å². The van der Waals surface area contributed by atoms with Crippen LogP contribution in [0.4, 0.5) is 5.69 Å². The summed E-state index contributed by atoms with van der Waals surface area (Å²) in [5.74, 6) is 0.167. The highest BCUT2D eigenvalue weighted by molar-refractivity contribution is 5.97. The van der Waals surface area contributed by atoms with Gasteiger partial charge in [0.15, 0.2) is 0 Å². The van der Waals surface area contributed by atoms with Gasteiger partial charge in [-0.1, -0.05) is 69.2 Å². The van der Waals surface area contributed by atoms with E-state index >= 15 is 0 Å². The summed E-state index contributed by atoms with van der Waals surface area (Å²) in [6, 6.07) is 24.4. The van der Waals surface area contributed by atoms with Crippen LogP contribution in [0.5, 0.6) is 0 Å². The Kier molecular flexibility index (Phi) is 9.26. The van der Waals surface area contributed by atoms with Crippen LogP contribution in [-0.2, 0) is 11.3 Å². The van der Waals surface area contributed by atoms with Gasteiger partial charge >= 0.3 is 0 Å². The van der Waals surface area contributed by atoms with Crippen LogP contribution in [0.3, 0.4) is 0 Å². The van der Waals surface area contributed by atoms with Crippen LogP contribution in [-0.4, -0.2) is 26.4 Å². The average Bonchev–Trinajstić information content (AvgIpc) is 3.30. The van der Waals surface area contributed by atoms with E-state index in [4.69, 9.17) is 4.98 Å². The van der Waals surface area contributed by atoms with E-state index in [1.807, 2.05) is 0 Å². The summed E-state index contributed by atoms with van der Waals surface area (Å²) < 4.78 is 2.32. The third-order valence-corrected chi connectivity index (χ3v) is 6.50.